The molecular formula is C20H20N2O2. The van der Waals surface area contributed by atoms with Gasteiger partial charge in [0.25, 0.3) is 0 Å². The number of rotatable bonds is 2. The van der Waals surface area contributed by atoms with Crippen LogP contribution in [0.2, 0.25) is 0 Å². The fraction of sp³-hybridized carbons (Fsp3) is 0.200. The van der Waals surface area contributed by atoms with Crippen molar-refractivity contribution < 1.29 is 9.59 Å². The second-order valence-corrected chi connectivity index (χ2v) is 5.83. The lowest BCUT2D eigenvalue weighted by Crippen LogP contribution is -2.42. The second-order valence-electron chi connectivity index (χ2n) is 5.83. The van der Waals surface area contributed by atoms with Crippen molar-refractivity contribution in [3.63, 3.8) is 0 Å². The number of benzene rings is 2. The van der Waals surface area contributed by atoms with E-state index < -0.39 is 11.8 Å². The fourth-order valence-corrected chi connectivity index (χ4v) is 2.78. The summed E-state index contributed by atoms with van der Waals surface area (Å²) in [5.74, 6) is -1.03. The highest BCUT2D eigenvalue weighted by Gasteiger charge is 2.24. The molecule has 0 bridgehead atoms. The predicted molar refractivity (Wildman–Crippen MR) is 95.3 cm³/mol. The molecule has 4 heteroatoms. The lowest BCUT2D eigenvalue weighted by atomic mass is 10.0. The molecule has 1 aliphatic heterocycles. The standard InChI is InChI=1S/C20H20N2O2/c23-19(21-18-9-5-2-6-10-18)20(24)22-13-11-17(12-14-22)15-16-7-3-1-4-8-16/h1-10,15H,11-14H2,(H,21,23). The number of para-hydroxylation sites is 1. The average Bonchev–Trinajstić information content (AvgIpc) is 2.63. The van der Waals surface area contributed by atoms with Gasteiger partial charge >= 0.3 is 11.8 Å². The molecule has 0 spiro atoms. The minimum Gasteiger partial charge on any atom is -0.334 e. The third-order valence-corrected chi connectivity index (χ3v) is 4.09. The highest BCUT2D eigenvalue weighted by molar-refractivity contribution is 6.39. The molecule has 1 heterocycles. The molecule has 1 aliphatic rings. The molecule has 0 saturated carbocycles. The van der Waals surface area contributed by atoms with Gasteiger partial charge in [0.15, 0.2) is 0 Å². The molecule has 4 nitrogen and oxygen atoms in total. The van der Waals surface area contributed by atoms with Gasteiger partial charge in [-0.3, -0.25) is 9.59 Å². The molecule has 1 fully saturated rings. The van der Waals surface area contributed by atoms with Crippen LogP contribution >= 0.6 is 0 Å². The van der Waals surface area contributed by atoms with Crippen molar-refractivity contribution in [3.8, 4) is 0 Å². The van der Waals surface area contributed by atoms with E-state index in [1.807, 2.05) is 36.4 Å². The summed E-state index contributed by atoms with van der Waals surface area (Å²) < 4.78 is 0. The van der Waals surface area contributed by atoms with Gasteiger partial charge in [-0.1, -0.05) is 60.2 Å². The van der Waals surface area contributed by atoms with Gasteiger partial charge in [-0.2, -0.15) is 0 Å². The Hall–Kier alpha value is -2.88. The van der Waals surface area contributed by atoms with Gasteiger partial charge in [0, 0.05) is 18.8 Å². The lowest BCUT2D eigenvalue weighted by Gasteiger charge is -2.28. The van der Waals surface area contributed by atoms with E-state index in [1.54, 1.807) is 17.0 Å². The molecular weight excluding hydrogens is 300 g/mol. The Labute approximate surface area is 141 Å². The Kier molecular flexibility index (Phi) is 5.06. The number of carbonyl (C=O) groups excluding carboxylic acids is 2. The Balaban J connectivity index is 1.55. The minimum absolute atomic E-state index is 0.461. The number of anilines is 1. The topological polar surface area (TPSA) is 49.4 Å². The molecule has 1 N–H and O–H groups in total. The average molecular weight is 320 g/mol. The summed E-state index contributed by atoms with van der Waals surface area (Å²) in [7, 11) is 0. The summed E-state index contributed by atoms with van der Waals surface area (Å²) in [6, 6.07) is 19.2. The molecule has 122 valence electrons. The first-order chi connectivity index (χ1) is 11.7. The van der Waals surface area contributed by atoms with E-state index >= 15 is 0 Å². The number of likely N-dealkylation sites (tertiary alicyclic amines) is 1. The normalized spacial score (nSPS) is 14.2. The zero-order valence-electron chi connectivity index (χ0n) is 13.4. The summed E-state index contributed by atoms with van der Waals surface area (Å²) in [4.78, 5) is 26.0. The molecule has 0 unspecified atom stereocenters. The lowest BCUT2D eigenvalue weighted by molar-refractivity contribution is -0.143. The number of piperidine rings is 1. The van der Waals surface area contributed by atoms with Crippen LogP contribution in [-0.4, -0.2) is 29.8 Å². The van der Waals surface area contributed by atoms with E-state index in [1.165, 1.54) is 11.1 Å². The summed E-state index contributed by atoms with van der Waals surface area (Å²) in [6.07, 6.45) is 3.78. The predicted octanol–water partition coefficient (Wildman–Crippen LogP) is 3.33. The van der Waals surface area contributed by atoms with Gasteiger partial charge in [-0.15, -0.1) is 0 Å². The number of hydrogen-bond acceptors (Lipinski definition) is 2. The van der Waals surface area contributed by atoms with Crippen molar-refractivity contribution >= 4 is 23.6 Å². The van der Waals surface area contributed by atoms with E-state index in [0.29, 0.717) is 18.8 Å². The molecule has 0 aliphatic carbocycles. The van der Waals surface area contributed by atoms with Crippen molar-refractivity contribution in [3.05, 3.63) is 71.8 Å². The number of nitrogens with one attached hydrogen (secondary N) is 1. The van der Waals surface area contributed by atoms with Crippen molar-refractivity contribution in [2.24, 2.45) is 0 Å². The molecule has 0 atom stereocenters. The van der Waals surface area contributed by atoms with Crippen LogP contribution in [0.1, 0.15) is 18.4 Å². The van der Waals surface area contributed by atoms with Crippen LogP contribution in [0.4, 0.5) is 5.69 Å². The van der Waals surface area contributed by atoms with E-state index in [-0.39, 0.29) is 0 Å². The second kappa shape index (κ2) is 7.59. The molecule has 3 rings (SSSR count). The zero-order valence-corrected chi connectivity index (χ0v) is 13.4. The highest BCUT2D eigenvalue weighted by Crippen LogP contribution is 2.19. The van der Waals surface area contributed by atoms with Crippen molar-refractivity contribution in [1.29, 1.82) is 0 Å². The van der Waals surface area contributed by atoms with Crippen LogP contribution in [0.25, 0.3) is 6.08 Å². The number of hydrogen-bond donors (Lipinski definition) is 1. The first-order valence-corrected chi connectivity index (χ1v) is 8.12. The molecule has 2 amide bonds. The zero-order chi connectivity index (χ0) is 16.8. The fourth-order valence-electron chi connectivity index (χ4n) is 2.78. The maximum atomic E-state index is 12.3. The van der Waals surface area contributed by atoms with Crippen LogP contribution in [0.5, 0.6) is 0 Å². The van der Waals surface area contributed by atoms with E-state index in [2.05, 4.69) is 23.5 Å². The third kappa shape index (κ3) is 4.10. The smallest absolute Gasteiger partial charge is 0.313 e. The highest BCUT2D eigenvalue weighted by atomic mass is 16.2. The number of amides is 2. The summed E-state index contributed by atoms with van der Waals surface area (Å²) in [6.45, 7) is 1.17. The van der Waals surface area contributed by atoms with Gasteiger partial charge in [0.2, 0.25) is 0 Å². The van der Waals surface area contributed by atoms with Crippen molar-refractivity contribution in [2.75, 3.05) is 18.4 Å². The van der Waals surface area contributed by atoms with E-state index in [0.717, 1.165) is 12.8 Å². The Morgan fingerprint density at radius 1 is 0.875 bits per heavy atom. The van der Waals surface area contributed by atoms with Gasteiger partial charge in [-0.25, -0.2) is 0 Å². The van der Waals surface area contributed by atoms with Crippen LogP contribution in [0, 0.1) is 0 Å². The van der Waals surface area contributed by atoms with Crippen molar-refractivity contribution in [2.45, 2.75) is 12.8 Å². The number of carbonyl (C=O) groups is 2. The molecule has 0 radical (unpaired) electrons. The maximum Gasteiger partial charge on any atom is 0.313 e. The summed E-state index contributed by atoms with van der Waals surface area (Å²) in [5, 5.41) is 2.65. The molecule has 24 heavy (non-hydrogen) atoms. The van der Waals surface area contributed by atoms with Crippen molar-refractivity contribution in [1.82, 2.24) is 4.90 Å². The van der Waals surface area contributed by atoms with Crippen LogP contribution in [0.3, 0.4) is 0 Å². The van der Waals surface area contributed by atoms with Gasteiger partial charge in [0.1, 0.15) is 0 Å². The van der Waals surface area contributed by atoms with Gasteiger partial charge < -0.3 is 10.2 Å². The van der Waals surface area contributed by atoms with Crippen LogP contribution in [-0.2, 0) is 9.59 Å². The quantitative estimate of drug-likeness (QED) is 0.863. The molecule has 2 aromatic rings. The Bertz CT molecular complexity index is 729. The first kappa shape index (κ1) is 16.0. The van der Waals surface area contributed by atoms with Crippen LogP contribution < -0.4 is 5.32 Å². The molecule has 1 saturated heterocycles. The Morgan fingerprint density at radius 2 is 1.46 bits per heavy atom. The Morgan fingerprint density at radius 3 is 2.08 bits per heavy atom. The minimum atomic E-state index is -0.573. The van der Waals surface area contributed by atoms with E-state index in [4.69, 9.17) is 0 Å². The third-order valence-electron chi connectivity index (χ3n) is 4.09. The monoisotopic (exact) mass is 320 g/mol. The SMILES string of the molecule is O=C(Nc1ccccc1)C(=O)N1CCC(=Cc2ccccc2)CC1. The van der Waals surface area contributed by atoms with E-state index in [9.17, 15) is 9.59 Å². The summed E-state index contributed by atoms with van der Waals surface area (Å²) >= 11 is 0. The first-order valence-electron chi connectivity index (χ1n) is 8.12. The number of nitrogens with zero attached hydrogens (tertiary/aromatic N) is 1. The maximum absolute atomic E-state index is 12.3. The molecule has 0 aromatic heterocycles. The van der Waals surface area contributed by atoms with Crippen LogP contribution in [0.15, 0.2) is 66.2 Å². The molecule has 2 aromatic carbocycles. The van der Waals surface area contributed by atoms with Gasteiger partial charge in [0.05, 0.1) is 0 Å². The van der Waals surface area contributed by atoms with Gasteiger partial charge in [-0.05, 0) is 30.5 Å². The summed E-state index contributed by atoms with van der Waals surface area (Å²) in [5.41, 5.74) is 3.13. The largest absolute Gasteiger partial charge is 0.334 e.